The zero-order chi connectivity index (χ0) is 13.0. The van der Waals surface area contributed by atoms with Gasteiger partial charge in [0.05, 0.1) is 18.1 Å². The lowest BCUT2D eigenvalue weighted by Crippen LogP contribution is -2.15. The molecule has 7 nitrogen and oxygen atoms in total. The van der Waals surface area contributed by atoms with Gasteiger partial charge in [-0.25, -0.2) is 4.98 Å². The molecule has 92 valence electrons. The van der Waals surface area contributed by atoms with Gasteiger partial charge in [-0.15, -0.1) is 5.10 Å². The first-order chi connectivity index (χ1) is 8.70. The largest absolute Gasteiger partial charge is 0.324 e. The van der Waals surface area contributed by atoms with Gasteiger partial charge in [0.15, 0.2) is 0 Å². The van der Waals surface area contributed by atoms with Gasteiger partial charge < -0.3 is 5.43 Å². The van der Waals surface area contributed by atoms with Gasteiger partial charge in [-0.1, -0.05) is 0 Å². The fraction of sp³-hybridized carbons (Fsp3) is 0.0909. The minimum atomic E-state index is -0.297. The fourth-order valence-electron chi connectivity index (χ4n) is 1.45. The Labute approximate surface area is 103 Å². The summed E-state index contributed by atoms with van der Waals surface area (Å²) in [5.41, 5.74) is 4.68. The van der Waals surface area contributed by atoms with E-state index in [9.17, 15) is 4.79 Å². The van der Waals surface area contributed by atoms with E-state index in [1.807, 2.05) is 6.92 Å². The molecule has 0 aliphatic carbocycles. The quantitative estimate of drug-likeness (QED) is 0.542. The number of amides is 1. The number of benzene rings is 1. The van der Waals surface area contributed by atoms with Crippen LogP contribution < -0.4 is 16.6 Å². The first-order valence-corrected chi connectivity index (χ1v) is 5.23. The van der Waals surface area contributed by atoms with Crippen molar-refractivity contribution in [2.75, 3.05) is 10.7 Å². The molecule has 0 bridgehead atoms. The Kier molecular flexibility index (Phi) is 3.44. The summed E-state index contributed by atoms with van der Waals surface area (Å²) in [6.45, 7) is 1.85. The monoisotopic (exact) mass is 244 g/mol. The van der Waals surface area contributed by atoms with Crippen molar-refractivity contribution in [3.05, 3.63) is 41.7 Å². The number of carbonyl (C=O) groups is 1. The fourth-order valence-corrected chi connectivity index (χ4v) is 1.45. The number of nitrogens with two attached hydrogens (primary N) is 1. The Morgan fingerprint density at radius 1 is 1.33 bits per heavy atom. The molecule has 1 amide bonds. The van der Waals surface area contributed by atoms with Crippen molar-refractivity contribution in [2.24, 2.45) is 5.84 Å². The lowest BCUT2D eigenvalue weighted by molar-refractivity contribution is 0.102. The molecule has 0 saturated carbocycles. The number of carbonyl (C=O) groups excluding carboxylic acids is 1. The molecule has 1 aromatic heterocycles. The Morgan fingerprint density at radius 3 is 2.78 bits per heavy atom. The zero-order valence-electron chi connectivity index (χ0n) is 9.71. The van der Waals surface area contributed by atoms with Crippen molar-refractivity contribution in [2.45, 2.75) is 6.92 Å². The smallest absolute Gasteiger partial charge is 0.258 e. The average Bonchev–Trinajstić information content (AvgIpc) is 2.39. The molecule has 0 fully saturated rings. The first-order valence-electron chi connectivity index (χ1n) is 5.23. The molecule has 0 radical (unpaired) electrons. The average molecular weight is 244 g/mol. The van der Waals surface area contributed by atoms with Crippen LogP contribution in [0.2, 0.25) is 0 Å². The summed E-state index contributed by atoms with van der Waals surface area (Å²) >= 11 is 0. The molecule has 7 heteroatoms. The number of aryl methyl sites for hydroxylation is 1. The highest BCUT2D eigenvalue weighted by molar-refractivity contribution is 6.03. The van der Waals surface area contributed by atoms with E-state index in [0.717, 1.165) is 11.3 Å². The standard InChI is InChI=1S/C11H12N6O/c1-7-6-8(2-3-9(7)16-12)10(18)15-11-13-4-5-14-17-11/h2-6,16H,12H2,1H3,(H,13,15,17,18). The summed E-state index contributed by atoms with van der Waals surface area (Å²) in [7, 11) is 0. The molecule has 0 spiro atoms. The van der Waals surface area contributed by atoms with E-state index in [1.54, 1.807) is 18.2 Å². The van der Waals surface area contributed by atoms with Gasteiger partial charge in [0.2, 0.25) is 5.95 Å². The first kappa shape index (κ1) is 11.9. The van der Waals surface area contributed by atoms with Gasteiger partial charge in [-0.05, 0) is 30.7 Å². The molecule has 1 aromatic carbocycles. The summed E-state index contributed by atoms with van der Waals surface area (Å²) in [5.74, 6) is 5.19. The molecule has 0 atom stereocenters. The number of anilines is 2. The zero-order valence-corrected chi connectivity index (χ0v) is 9.71. The van der Waals surface area contributed by atoms with Crippen LogP contribution in [-0.2, 0) is 0 Å². The van der Waals surface area contributed by atoms with Crippen molar-refractivity contribution in [1.29, 1.82) is 0 Å². The van der Waals surface area contributed by atoms with Crippen molar-refractivity contribution >= 4 is 17.5 Å². The normalized spacial score (nSPS) is 9.89. The van der Waals surface area contributed by atoms with Crippen LogP contribution in [0, 0.1) is 6.92 Å². The van der Waals surface area contributed by atoms with E-state index < -0.39 is 0 Å². The topological polar surface area (TPSA) is 106 Å². The Morgan fingerprint density at radius 2 is 2.17 bits per heavy atom. The van der Waals surface area contributed by atoms with Gasteiger partial charge in [0, 0.05) is 5.56 Å². The Bertz CT molecular complexity index is 557. The van der Waals surface area contributed by atoms with Crippen LogP contribution in [0.1, 0.15) is 15.9 Å². The SMILES string of the molecule is Cc1cc(C(=O)Nc2nccnn2)ccc1NN. The molecule has 1 heterocycles. The van der Waals surface area contributed by atoms with Gasteiger partial charge in [-0.3, -0.25) is 16.0 Å². The minimum Gasteiger partial charge on any atom is -0.324 e. The second-order valence-corrected chi connectivity index (χ2v) is 3.59. The lowest BCUT2D eigenvalue weighted by atomic mass is 10.1. The van der Waals surface area contributed by atoms with E-state index in [4.69, 9.17) is 5.84 Å². The van der Waals surface area contributed by atoms with Crippen molar-refractivity contribution < 1.29 is 4.79 Å². The third-order valence-electron chi connectivity index (χ3n) is 2.35. The maximum Gasteiger partial charge on any atom is 0.258 e. The molecule has 0 aliphatic rings. The number of nitrogen functional groups attached to an aromatic ring is 1. The van der Waals surface area contributed by atoms with Gasteiger partial charge >= 0.3 is 0 Å². The van der Waals surface area contributed by atoms with Crippen LogP contribution in [0.25, 0.3) is 0 Å². The highest BCUT2D eigenvalue weighted by Gasteiger charge is 2.09. The second kappa shape index (κ2) is 5.19. The minimum absolute atomic E-state index is 0.168. The number of aromatic nitrogens is 3. The van der Waals surface area contributed by atoms with Crippen LogP contribution in [-0.4, -0.2) is 21.1 Å². The molecular weight excluding hydrogens is 232 g/mol. The van der Waals surface area contributed by atoms with E-state index in [2.05, 4.69) is 25.9 Å². The van der Waals surface area contributed by atoms with E-state index in [-0.39, 0.29) is 11.9 Å². The van der Waals surface area contributed by atoms with E-state index in [1.165, 1.54) is 12.4 Å². The predicted octanol–water partition coefficient (Wildman–Crippen LogP) is 0.718. The molecule has 0 saturated heterocycles. The molecule has 18 heavy (non-hydrogen) atoms. The van der Waals surface area contributed by atoms with E-state index in [0.29, 0.717) is 5.56 Å². The third-order valence-corrected chi connectivity index (χ3v) is 2.35. The Hall–Kier alpha value is -2.54. The lowest BCUT2D eigenvalue weighted by Gasteiger charge is -2.07. The number of nitrogens with zero attached hydrogens (tertiary/aromatic N) is 3. The summed E-state index contributed by atoms with van der Waals surface area (Å²) in [5, 5.41) is 9.85. The maximum absolute atomic E-state index is 11.9. The molecule has 0 aliphatic heterocycles. The summed E-state index contributed by atoms with van der Waals surface area (Å²) in [4.78, 5) is 15.8. The van der Waals surface area contributed by atoms with E-state index >= 15 is 0 Å². The van der Waals surface area contributed by atoms with Crippen LogP contribution in [0.4, 0.5) is 11.6 Å². The molecule has 2 rings (SSSR count). The maximum atomic E-state index is 11.9. The van der Waals surface area contributed by atoms with Crippen molar-refractivity contribution in [1.82, 2.24) is 15.2 Å². The van der Waals surface area contributed by atoms with Crippen molar-refractivity contribution in [3.8, 4) is 0 Å². The highest BCUT2D eigenvalue weighted by atomic mass is 16.1. The molecule has 4 N–H and O–H groups in total. The molecule has 2 aromatic rings. The predicted molar refractivity (Wildman–Crippen MR) is 66.8 cm³/mol. The van der Waals surface area contributed by atoms with Gasteiger partial charge in [0.1, 0.15) is 0 Å². The highest BCUT2D eigenvalue weighted by Crippen LogP contribution is 2.15. The van der Waals surface area contributed by atoms with Gasteiger partial charge in [-0.2, -0.15) is 5.10 Å². The Balaban J connectivity index is 2.17. The van der Waals surface area contributed by atoms with Gasteiger partial charge in [0.25, 0.3) is 5.91 Å². The van der Waals surface area contributed by atoms with Crippen LogP contribution in [0.3, 0.4) is 0 Å². The van der Waals surface area contributed by atoms with Crippen molar-refractivity contribution in [3.63, 3.8) is 0 Å². The number of rotatable bonds is 3. The number of hydrogen-bond donors (Lipinski definition) is 3. The molecule has 0 unspecified atom stereocenters. The second-order valence-electron chi connectivity index (χ2n) is 3.59. The summed E-state index contributed by atoms with van der Waals surface area (Å²) in [6, 6.07) is 5.11. The number of hydrazine groups is 1. The van der Waals surface area contributed by atoms with Crippen LogP contribution >= 0.6 is 0 Å². The van der Waals surface area contributed by atoms with Crippen LogP contribution in [0.15, 0.2) is 30.6 Å². The number of hydrogen-bond acceptors (Lipinski definition) is 6. The summed E-state index contributed by atoms with van der Waals surface area (Å²) in [6.07, 6.45) is 2.89. The molecular formula is C11H12N6O. The summed E-state index contributed by atoms with van der Waals surface area (Å²) < 4.78 is 0. The van der Waals surface area contributed by atoms with Crippen LogP contribution in [0.5, 0.6) is 0 Å². The number of nitrogens with one attached hydrogen (secondary N) is 2. The third kappa shape index (κ3) is 2.58.